The van der Waals surface area contributed by atoms with Crippen molar-refractivity contribution in [1.29, 1.82) is 0 Å². The first-order chi connectivity index (χ1) is 16.2. The average Bonchev–Trinajstić information content (AvgIpc) is 3.09. The molecule has 1 aliphatic heterocycles. The van der Waals surface area contributed by atoms with Crippen molar-refractivity contribution >= 4 is 39.2 Å². The van der Waals surface area contributed by atoms with Crippen molar-refractivity contribution in [2.45, 2.75) is 18.7 Å². The smallest absolute Gasteiger partial charge is 0.339 e. The molecule has 3 aromatic carbocycles. The minimum atomic E-state index is -4.09. The van der Waals surface area contributed by atoms with E-state index in [9.17, 15) is 23.3 Å². The van der Waals surface area contributed by atoms with E-state index >= 15 is 0 Å². The zero-order valence-corrected chi connectivity index (χ0v) is 19.0. The Bertz CT molecular complexity index is 1440. The van der Waals surface area contributed by atoms with E-state index in [-0.39, 0.29) is 21.9 Å². The van der Waals surface area contributed by atoms with Crippen molar-refractivity contribution in [2.75, 3.05) is 5.01 Å². The lowest BCUT2D eigenvalue weighted by atomic mass is 10.1. The molecule has 1 heterocycles. The largest absolute Gasteiger partial charge is 0.378 e. The molecule has 0 aromatic heterocycles. The lowest BCUT2D eigenvalue weighted by Gasteiger charge is -2.12. The summed E-state index contributed by atoms with van der Waals surface area (Å²) in [4.78, 5) is 23.4. The monoisotopic (exact) mass is 477 g/mol. The van der Waals surface area contributed by atoms with E-state index in [1.807, 2.05) is 6.92 Å². The second-order valence-corrected chi connectivity index (χ2v) is 9.07. The molecule has 0 aliphatic carbocycles. The topological polar surface area (TPSA) is 119 Å². The lowest BCUT2D eigenvalue weighted by Crippen LogP contribution is -2.21. The Morgan fingerprint density at radius 1 is 0.971 bits per heavy atom. The first kappa shape index (κ1) is 22.9. The summed E-state index contributed by atoms with van der Waals surface area (Å²) < 4.78 is 30.9. The van der Waals surface area contributed by atoms with E-state index in [0.29, 0.717) is 17.0 Å². The van der Waals surface area contributed by atoms with Gasteiger partial charge in [-0.15, -0.1) is 0 Å². The van der Waals surface area contributed by atoms with Gasteiger partial charge in [0.1, 0.15) is 10.6 Å². The van der Waals surface area contributed by atoms with Gasteiger partial charge >= 0.3 is 10.1 Å². The molecule has 3 aromatic rings. The molecule has 34 heavy (non-hydrogen) atoms. The number of hydrazone groups is 1. The van der Waals surface area contributed by atoms with Crippen LogP contribution < -0.4 is 9.19 Å². The maximum atomic E-state index is 13.0. The van der Waals surface area contributed by atoms with Gasteiger partial charge in [0.25, 0.3) is 11.6 Å². The van der Waals surface area contributed by atoms with Crippen LogP contribution in [0.1, 0.15) is 18.1 Å². The molecular formula is C24H19N3O6S. The van der Waals surface area contributed by atoms with E-state index < -0.39 is 20.9 Å². The van der Waals surface area contributed by atoms with Gasteiger partial charge in [0.2, 0.25) is 0 Å². The maximum absolute atomic E-state index is 13.0. The molecule has 0 fully saturated rings. The van der Waals surface area contributed by atoms with Crippen LogP contribution in [0.5, 0.6) is 5.75 Å². The van der Waals surface area contributed by atoms with E-state index in [1.54, 1.807) is 37.3 Å². The Kier molecular flexibility index (Phi) is 5.99. The van der Waals surface area contributed by atoms with Gasteiger partial charge in [-0.1, -0.05) is 35.9 Å². The number of non-ortho nitro benzene ring substituents is 1. The summed E-state index contributed by atoms with van der Waals surface area (Å²) in [6.07, 6.45) is 1.51. The lowest BCUT2D eigenvalue weighted by molar-refractivity contribution is -0.384. The van der Waals surface area contributed by atoms with Gasteiger partial charge < -0.3 is 4.18 Å². The molecule has 9 nitrogen and oxygen atoms in total. The average molecular weight is 477 g/mol. The number of aryl methyl sites for hydroxylation is 1. The third kappa shape index (κ3) is 4.57. The molecule has 172 valence electrons. The van der Waals surface area contributed by atoms with Crippen LogP contribution in [-0.4, -0.2) is 25.0 Å². The molecule has 10 heteroatoms. The Hall–Kier alpha value is -4.31. The number of hydrogen-bond acceptors (Lipinski definition) is 7. The van der Waals surface area contributed by atoms with Gasteiger partial charge in [-0.05, 0) is 50.3 Å². The number of nitro benzene ring substituents is 1. The molecule has 0 saturated heterocycles. The SMILES string of the molecule is CC1=NN(c2ccc([N+](=O)[O-])cc2)C(=O)/C1=C/c1ccccc1OS(=O)(=O)c1ccc(C)cc1. The second-order valence-electron chi connectivity index (χ2n) is 7.52. The van der Waals surface area contributed by atoms with Crippen molar-refractivity contribution in [3.63, 3.8) is 0 Å². The first-order valence-corrected chi connectivity index (χ1v) is 11.5. The van der Waals surface area contributed by atoms with E-state index in [0.717, 1.165) is 10.6 Å². The quantitative estimate of drug-likeness (QED) is 0.224. The zero-order chi connectivity index (χ0) is 24.5. The van der Waals surface area contributed by atoms with Crippen LogP contribution in [0.4, 0.5) is 11.4 Å². The highest BCUT2D eigenvalue weighted by Gasteiger charge is 2.29. The van der Waals surface area contributed by atoms with Gasteiger partial charge in [0, 0.05) is 17.7 Å². The standard InChI is InChI=1S/C24H19N3O6S/c1-16-7-13-21(14-8-16)34(31,32)33-23-6-4-3-5-18(23)15-22-17(2)25-26(24(22)28)19-9-11-20(12-10-19)27(29)30/h3-15H,1-2H3/b22-15+. The van der Waals surface area contributed by atoms with Crippen molar-refractivity contribution in [2.24, 2.45) is 5.10 Å². The summed E-state index contributed by atoms with van der Waals surface area (Å²) in [6, 6.07) is 18.2. The van der Waals surface area contributed by atoms with Crippen LogP contribution in [0.3, 0.4) is 0 Å². The van der Waals surface area contributed by atoms with Crippen molar-refractivity contribution in [1.82, 2.24) is 0 Å². The van der Waals surface area contributed by atoms with Crippen LogP contribution >= 0.6 is 0 Å². The first-order valence-electron chi connectivity index (χ1n) is 10.1. The molecule has 1 aliphatic rings. The second kappa shape index (κ2) is 8.91. The maximum Gasteiger partial charge on any atom is 0.339 e. The third-order valence-corrected chi connectivity index (χ3v) is 6.34. The fourth-order valence-electron chi connectivity index (χ4n) is 3.28. The summed E-state index contributed by atoms with van der Waals surface area (Å²) in [5.41, 5.74) is 2.19. The summed E-state index contributed by atoms with van der Waals surface area (Å²) >= 11 is 0. The Morgan fingerprint density at radius 2 is 1.62 bits per heavy atom. The number of carbonyl (C=O) groups excluding carboxylic acids is 1. The number of para-hydroxylation sites is 1. The van der Waals surface area contributed by atoms with Crippen LogP contribution in [0.25, 0.3) is 6.08 Å². The number of amides is 1. The molecular weight excluding hydrogens is 458 g/mol. The predicted molar refractivity (Wildman–Crippen MR) is 127 cm³/mol. The Labute approximate surface area is 195 Å². The van der Waals surface area contributed by atoms with E-state index in [2.05, 4.69) is 5.10 Å². The van der Waals surface area contributed by atoms with Gasteiger partial charge in [0.15, 0.2) is 0 Å². The van der Waals surface area contributed by atoms with E-state index in [1.165, 1.54) is 48.5 Å². The highest BCUT2D eigenvalue weighted by Crippen LogP contribution is 2.30. The minimum Gasteiger partial charge on any atom is -0.378 e. The number of carbonyl (C=O) groups is 1. The number of rotatable bonds is 6. The minimum absolute atomic E-state index is 0.0135. The van der Waals surface area contributed by atoms with Gasteiger partial charge in [-0.25, -0.2) is 0 Å². The Balaban J connectivity index is 1.64. The molecule has 0 atom stereocenters. The fourth-order valence-corrected chi connectivity index (χ4v) is 4.23. The van der Waals surface area contributed by atoms with Crippen LogP contribution in [0.2, 0.25) is 0 Å². The number of nitro groups is 1. The van der Waals surface area contributed by atoms with Crippen molar-refractivity contribution in [3.05, 3.63) is 99.6 Å². The number of nitrogens with zero attached hydrogens (tertiary/aromatic N) is 3. The number of benzene rings is 3. The number of hydrogen-bond donors (Lipinski definition) is 0. The summed E-state index contributed by atoms with van der Waals surface area (Å²) in [5.74, 6) is -0.396. The van der Waals surface area contributed by atoms with Gasteiger partial charge in [-0.3, -0.25) is 14.9 Å². The zero-order valence-electron chi connectivity index (χ0n) is 18.2. The predicted octanol–water partition coefficient (Wildman–Crippen LogP) is 4.48. The highest BCUT2D eigenvalue weighted by atomic mass is 32.2. The highest BCUT2D eigenvalue weighted by molar-refractivity contribution is 7.87. The molecule has 0 bridgehead atoms. The molecule has 0 spiro atoms. The van der Waals surface area contributed by atoms with Gasteiger partial charge in [0.05, 0.1) is 21.9 Å². The number of anilines is 1. The van der Waals surface area contributed by atoms with Crippen molar-refractivity contribution < 1.29 is 22.3 Å². The van der Waals surface area contributed by atoms with Crippen LogP contribution in [0, 0.1) is 17.0 Å². The van der Waals surface area contributed by atoms with E-state index in [4.69, 9.17) is 4.18 Å². The summed E-state index contributed by atoms with van der Waals surface area (Å²) in [6.45, 7) is 3.49. The third-order valence-electron chi connectivity index (χ3n) is 5.10. The molecule has 0 radical (unpaired) electrons. The summed E-state index contributed by atoms with van der Waals surface area (Å²) in [5, 5.41) is 16.3. The van der Waals surface area contributed by atoms with Crippen LogP contribution in [-0.2, 0) is 14.9 Å². The fraction of sp³-hybridized carbons (Fsp3) is 0.0833. The van der Waals surface area contributed by atoms with Gasteiger partial charge in [-0.2, -0.15) is 18.5 Å². The molecule has 0 unspecified atom stereocenters. The van der Waals surface area contributed by atoms with Crippen LogP contribution in [0.15, 0.2) is 88.4 Å². The molecule has 0 saturated carbocycles. The summed E-state index contributed by atoms with van der Waals surface area (Å²) in [7, 11) is -4.09. The molecule has 0 N–H and O–H groups in total. The molecule has 4 rings (SSSR count). The molecule has 1 amide bonds. The Morgan fingerprint density at radius 3 is 2.26 bits per heavy atom. The van der Waals surface area contributed by atoms with Crippen molar-refractivity contribution in [3.8, 4) is 5.75 Å². The normalized spacial score (nSPS) is 14.9.